The number of aryl methyl sites for hydroxylation is 1. The predicted octanol–water partition coefficient (Wildman–Crippen LogP) is 3.43. The van der Waals surface area contributed by atoms with Crippen molar-refractivity contribution in [2.75, 3.05) is 18.4 Å². The van der Waals surface area contributed by atoms with E-state index in [0.29, 0.717) is 0 Å². The second-order valence-corrected chi connectivity index (χ2v) is 5.21. The first-order valence-corrected chi connectivity index (χ1v) is 7.10. The molecule has 3 nitrogen and oxygen atoms in total. The van der Waals surface area contributed by atoms with Gasteiger partial charge in [0.15, 0.2) is 0 Å². The third-order valence-electron chi connectivity index (χ3n) is 2.94. The molecule has 0 radical (unpaired) electrons. The summed E-state index contributed by atoms with van der Waals surface area (Å²) in [6.07, 6.45) is 0. The zero-order chi connectivity index (χ0) is 13.7. The van der Waals surface area contributed by atoms with Crippen molar-refractivity contribution in [3.8, 4) is 0 Å². The van der Waals surface area contributed by atoms with Crippen molar-refractivity contribution in [3.63, 3.8) is 0 Å². The molecule has 1 unspecified atom stereocenters. The van der Waals surface area contributed by atoms with E-state index in [0.717, 1.165) is 23.2 Å². The fourth-order valence-corrected chi connectivity index (χ4v) is 2.45. The van der Waals surface area contributed by atoms with Gasteiger partial charge in [0.2, 0.25) is 5.91 Å². The number of likely N-dealkylation sites (N-methyl/N-ethyl adjacent to an activating group) is 1. The molecular weight excluding hydrogens is 292 g/mol. The van der Waals surface area contributed by atoms with Gasteiger partial charge in [0, 0.05) is 23.2 Å². The first-order chi connectivity index (χ1) is 8.49. The molecule has 1 atom stereocenters. The van der Waals surface area contributed by atoms with Gasteiger partial charge < -0.3 is 10.2 Å². The minimum absolute atomic E-state index is 0.132. The van der Waals surface area contributed by atoms with Crippen LogP contribution < -0.4 is 5.32 Å². The lowest BCUT2D eigenvalue weighted by Crippen LogP contribution is -2.41. The average Bonchev–Trinajstić information content (AvgIpc) is 2.34. The highest BCUT2D eigenvalue weighted by atomic mass is 79.9. The van der Waals surface area contributed by atoms with Gasteiger partial charge in [-0.1, -0.05) is 6.07 Å². The minimum Gasteiger partial charge on any atom is -0.373 e. The summed E-state index contributed by atoms with van der Waals surface area (Å²) in [6.45, 7) is 9.42. The Morgan fingerprint density at radius 1 is 1.39 bits per heavy atom. The molecule has 0 fully saturated rings. The van der Waals surface area contributed by atoms with E-state index in [9.17, 15) is 4.79 Å². The number of nitrogens with one attached hydrogen (secondary N) is 1. The van der Waals surface area contributed by atoms with Crippen LogP contribution in [0, 0.1) is 6.92 Å². The number of benzene rings is 1. The summed E-state index contributed by atoms with van der Waals surface area (Å²) in [5.41, 5.74) is 2.14. The Hall–Kier alpha value is -1.03. The number of hydrogen-bond donors (Lipinski definition) is 1. The Morgan fingerprint density at radius 3 is 2.50 bits per heavy atom. The number of halogens is 1. The zero-order valence-electron chi connectivity index (χ0n) is 11.5. The molecule has 0 heterocycles. The standard InChI is InChI=1S/C14H21BrN2O/c1-5-17(6-2)14(18)11(4)16-13-8-7-10(3)9-12(13)15/h7-9,11,16H,5-6H2,1-4H3. The molecule has 0 saturated carbocycles. The Kier molecular flexibility index (Phi) is 5.66. The van der Waals surface area contributed by atoms with Gasteiger partial charge in [-0.2, -0.15) is 0 Å². The van der Waals surface area contributed by atoms with Crippen molar-refractivity contribution in [2.45, 2.75) is 33.7 Å². The molecule has 0 aliphatic carbocycles. The molecule has 0 aromatic heterocycles. The number of hydrogen-bond acceptors (Lipinski definition) is 2. The van der Waals surface area contributed by atoms with Gasteiger partial charge in [-0.3, -0.25) is 4.79 Å². The maximum Gasteiger partial charge on any atom is 0.244 e. The number of nitrogens with zero attached hydrogens (tertiary/aromatic N) is 1. The van der Waals surface area contributed by atoms with E-state index in [1.807, 2.05) is 50.8 Å². The van der Waals surface area contributed by atoms with Crippen LogP contribution in [-0.4, -0.2) is 29.9 Å². The van der Waals surface area contributed by atoms with E-state index in [1.165, 1.54) is 5.56 Å². The van der Waals surface area contributed by atoms with Gasteiger partial charge in [0.05, 0.1) is 0 Å². The van der Waals surface area contributed by atoms with Crippen molar-refractivity contribution in [3.05, 3.63) is 28.2 Å². The fraction of sp³-hybridized carbons (Fsp3) is 0.500. The van der Waals surface area contributed by atoms with E-state index in [-0.39, 0.29) is 11.9 Å². The predicted molar refractivity (Wildman–Crippen MR) is 79.9 cm³/mol. The smallest absolute Gasteiger partial charge is 0.244 e. The summed E-state index contributed by atoms with van der Waals surface area (Å²) in [5.74, 6) is 0.132. The quantitative estimate of drug-likeness (QED) is 0.903. The molecule has 4 heteroatoms. The number of amides is 1. The summed E-state index contributed by atoms with van der Waals surface area (Å²) >= 11 is 3.51. The first-order valence-electron chi connectivity index (χ1n) is 6.31. The monoisotopic (exact) mass is 312 g/mol. The number of carbonyl (C=O) groups is 1. The van der Waals surface area contributed by atoms with Crippen LogP contribution in [0.25, 0.3) is 0 Å². The lowest BCUT2D eigenvalue weighted by Gasteiger charge is -2.24. The molecule has 18 heavy (non-hydrogen) atoms. The topological polar surface area (TPSA) is 32.3 Å². The van der Waals surface area contributed by atoms with Crippen LogP contribution in [0.3, 0.4) is 0 Å². The largest absolute Gasteiger partial charge is 0.373 e. The molecule has 1 rings (SSSR count). The van der Waals surface area contributed by atoms with E-state index in [4.69, 9.17) is 0 Å². The van der Waals surface area contributed by atoms with E-state index >= 15 is 0 Å². The SMILES string of the molecule is CCN(CC)C(=O)C(C)Nc1ccc(C)cc1Br. The van der Waals surface area contributed by atoms with Gasteiger partial charge in [0.25, 0.3) is 0 Å². The summed E-state index contributed by atoms with van der Waals surface area (Å²) in [6, 6.07) is 5.84. The average molecular weight is 313 g/mol. The Labute approximate surface area is 118 Å². The highest BCUT2D eigenvalue weighted by Crippen LogP contribution is 2.24. The van der Waals surface area contributed by atoms with E-state index in [1.54, 1.807) is 0 Å². The Bertz CT molecular complexity index is 416. The van der Waals surface area contributed by atoms with Crippen molar-refractivity contribution in [2.24, 2.45) is 0 Å². The molecule has 0 aliphatic heterocycles. The Balaban J connectivity index is 2.75. The van der Waals surface area contributed by atoms with Gasteiger partial charge in [-0.05, 0) is 61.3 Å². The maximum absolute atomic E-state index is 12.1. The van der Waals surface area contributed by atoms with Crippen LogP contribution in [0.15, 0.2) is 22.7 Å². The third kappa shape index (κ3) is 3.73. The Morgan fingerprint density at radius 2 is 2.00 bits per heavy atom. The summed E-state index contributed by atoms with van der Waals surface area (Å²) in [7, 11) is 0. The maximum atomic E-state index is 12.1. The first kappa shape index (κ1) is 15.0. The van der Waals surface area contributed by atoms with Crippen LogP contribution in [0.5, 0.6) is 0 Å². The van der Waals surface area contributed by atoms with Crippen LogP contribution >= 0.6 is 15.9 Å². The summed E-state index contributed by atoms with van der Waals surface area (Å²) < 4.78 is 0.988. The fourth-order valence-electron chi connectivity index (χ4n) is 1.84. The number of anilines is 1. The number of carbonyl (C=O) groups excluding carboxylic acids is 1. The zero-order valence-corrected chi connectivity index (χ0v) is 13.0. The molecule has 1 aromatic rings. The second-order valence-electron chi connectivity index (χ2n) is 4.36. The summed E-state index contributed by atoms with van der Waals surface area (Å²) in [5, 5.41) is 3.25. The minimum atomic E-state index is -0.219. The van der Waals surface area contributed by atoms with E-state index in [2.05, 4.69) is 21.2 Å². The molecule has 1 N–H and O–H groups in total. The van der Waals surface area contributed by atoms with Crippen molar-refractivity contribution < 1.29 is 4.79 Å². The van der Waals surface area contributed by atoms with Crippen molar-refractivity contribution in [1.82, 2.24) is 4.90 Å². The molecule has 100 valence electrons. The lowest BCUT2D eigenvalue weighted by molar-refractivity contribution is -0.131. The lowest BCUT2D eigenvalue weighted by atomic mass is 10.2. The van der Waals surface area contributed by atoms with Crippen LogP contribution in [0.1, 0.15) is 26.3 Å². The van der Waals surface area contributed by atoms with Gasteiger partial charge >= 0.3 is 0 Å². The van der Waals surface area contributed by atoms with Gasteiger partial charge in [-0.15, -0.1) is 0 Å². The van der Waals surface area contributed by atoms with Crippen LogP contribution in [-0.2, 0) is 4.79 Å². The van der Waals surface area contributed by atoms with Crippen molar-refractivity contribution in [1.29, 1.82) is 0 Å². The number of rotatable bonds is 5. The third-order valence-corrected chi connectivity index (χ3v) is 3.60. The highest BCUT2D eigenvalue weighted by Gasteiger charge is 2.18. The van der Waals surface area contributed by atoms with Gasteiger partial charge in [-0.25, -0.2) is 0 Å². The summed E-state index contributed by atoms with van der Waals surface area (Å²) in [4.78, 5) is 14.0. The molecule has 0 saturated heterocycles. The molecule has 1 amide bonds. The normalized spacial score (nSPS) is 12.1. The van der Waals surface area contributed by atoms with Crippen LogP contribution in [0.2, 0.25) is 0 Å². The second kappa shape index (κ2) is 6.78. The van der Waals surface area contributed by atoms with Crippen LogP contribution in [0.4, 0.5) is 5.69 Å². The van der Waals surface area contributed by atoms with Gasteiger partial charge in [0.1, 0.15) is 6.04 Å². The van der Waals surface area contributed by atoms with Crippen molar-refractivity contribution >= 4 is 27.5 Å². The molecular formula is C14H21BrN2O. The molecule has 0 aliphatic rings. The molecule has 1 aromatic carbocycles. The van der Waals surface area contributed by atoms with E-state index < -0.39 is 0 Å². The molecule has 0 spiro atoms. The molecule has 0 bridgehead atoms. The highest BCUT2D eigenvalue weighted by molar-refractivity contribution is 9.10.